The fourth-order valence-electron chi connectivity index (χ4n) is 2.22. The minimum atomic E-state index is -0.543. The predicted molar refractivity (Wildman–Crippen MR) is 89.4 cm³/mol. The second kappa shape index (κ2) is 8.47. The van der Waals surface area contributed by atoms with Gasteiger partial charge in [0.2, 0.25) is 0 Å². The Morgan fingerprint density at radius 3 is 2.79 bits per heavy atom. The SMILES string of the molecule is CC(C)Oc1cccc(Cc2cn(COCCO)c(=O)[nH]c2=O)c1. The number of benzene rings is 1. The van der Waals surface area contributed by atoms with Crippen molar-refractivity contribution in [2.45, 2.75) is 33.1 Å². The fourth-order valence-corrected chi connectivity index (χ4v) is 2.22. The Balaban J connectivity index is 2.21. The van der Waals surface area contributed by atoms with E-state index in [0.717, 1.165) is 11.3 Å². The molecule has 1 aromatic heterocycles. The molecule has 1 heterocycles. The molecule has 0 saturated carbocycles. The molecular weight excluding hydrogens is 312 g/mol. The Bertz CT molecular complexity index is 779. The molecule has 0 aliphatic rings. The zero-order valence-electron chi connectivity index (χ0n) is 13.8. The van der Waals surface area contributed by atoms with Gasteiger partial charge in [-0.3, -0.25) is 14.3 Å². The number of nitrogens with one attached hydrogen (secondary N) is 1. The van der Waals surface area contributed by atoms with Crippen LogP contribution in [0.25, 0.3) is 0 Å². The Kier molecular flexibility index (Phi) is 6.34. The zero-order chi connectivity index (χ0) is 17.5. The lowest BCUT2D eigenvalue weighted by atomic mass is 10.1. The van der Waals surface area contributed by atoms with Gasteiger partial charge < -0.3 is 14.6 Å². The number of aliphatic hydroxyl groups excluding tert-OH is 1. The van der Waals surface area contributed by atoms with Gasteiger partial charge in [-0.05, 0) is 31.5 Å². The molecule has 7 heteroatoms. The van der Waals surface area contributed by atoms with Crippen molar-refractivity contribution in [2.24, 2.45) is 0 Å². The molecule has 0 bridgehead atoms. The van der Waals surface area contributed by atoms with E-state index >= 15 is 0 Å². The minimum absolute atomic E-state index is 0.0281. The molecule has 130 valence electrons. The van der Waals surface area contributed by atoms with Crippen molar-refractivity contribution in [3.8, 4) is 5.75 Å². The van der Waals surface area contributed by atoms with Crippen molar-refractivity contribution in [1.82, 2.24) is 9.55 Å². The fraction of sp³-hybridized carbons (Fsp3) is 0.412. The highest BCUT2D eigenvalue weighted by atomic mass is 16.5. The first kappa shape index (κ1) is 18.0. The first-order valence-electron chi connectivity index (χ1n) is 7.76. The Morgan fingerprint density at radius 1 is 1.29 bits per heavy atom. The van der Waals surface area contributed by atoms with Crippen LogP contribution in [0, 0.1) is 0 Å². The molecule has 0 amide bonds. The van der Waals surface area contributed by atoms with E-state index in [0.29, 0.717) is 12.0 Å². The largest absolute Gasteiger partial charge is 0.491 e. The van der Waals surface area contributed by atoms with Gasteiger partial charge in [0.1, 0.15) is 12.5 Å². The van der Waals surface area contributed by atoms with Crippen LogP contribution in [0.5, 0.6) is 5.75 Å². The molecule has 7 nitrogen and oxygen atoms in total. The number of aromatic amines is 1. The van der Waals surface area contributed by atoms with Crippen molar-refractivity contribution in [3.05, 3.63) is 62.4 Å². The van der Waals surface area contributed by atoms with E-state index in [1.165, 1.54) is 10.8 Å². The van der Waals surface area contributed by atoms with E-state index in [1.54, 1.807) is 0 Å². The Hall–Kier alpha value is -2.38. The van der Waals surface area contributed by atoms with Crippen LogP contribution in [0.3, 0.4) is 0 Å². The lowest BCUT2D eigenvalue weighted by molar-refractivity contribution is 0.0455. The molecule has 2 rings (SSSR count). The molecule has 0 spiro atoms. The topological polar surface area (TPSA) is 93.6 Å². The summed E-state index contributed by atoms with van der Waals surface area (Å²) in [5.74, 6) is 0.735. The number of H-pyrrole nitrogens is 1. The molecule has 2 aromatic rings. The number of hydrogen-bond donors (Lipinski definition) is 2. The monoisotopic (exact) mass is 334 g/mol. The molecule has 0 radical (unpaired) electrons. The van der Waals surface area contributed by atoms with Gasteiger partial charge in [0.05, 0.1) is 19.3 Å². The molecule has 0 aliphatic carbocycles. The van der Waals surface area contributed by atoms with Gasteiger partial charge in [-0.2, -0.15) is 0 Å². The van der Waals surface area contributed by atoms with Crippen LogP contribution in [0.15, 0.2) is 40.1 Å². The smallest absolute Gasteiger partial charge is 0.330 e. The summed E-state index contributed by atoms with van der Waals surface area (Å²) < 4.78 is 12.0. The Morgan fingerprint density at radius 2 is 2.08 bits per heavy atom. The van der Waals surface area contributed by atoms with Crippen LogP contribution in [0.4, 0.5) is 0 Å². The maximum atomic E-state index is 12.0. The van der Waals surface area contributed by atoms with E-state index in [4.69, 9.17) is 14.6 Å². The van der Waals surface area contributed by atoms with E-state index in [9.17, 15) is 9.59 Å². The van der Waals surface area contributed by atoms with Crippen molar-refractivity contribution in [1.29, 1.82) is 0 Å². The quantitative estimate of drug-likeness (QED) is 0.699. The standard InChI is InChI=1S/C17H22N2O5/c1-12(2)24-15-5-3-4-13(9-15)8-14-10-19(11-23-7-6-20)17(22)18-16(14)21/h3-5,9-10,12,20H,6-8,11H2,1-2H3,(H,18,21,22). The molecular formula is C17H22N2O5. The number of aromatic nitrogens is 2. The van der Waals surface area contributed by atoms with Crippen LogP contribution >= 0.6 is 0 Å². The lowest BCUT2D eigenvalue weighted by Gasteiger charge is -2.11. The molecule has 1 aromatic carbocycles. The van der Waals surface area contributed by atoms with Gasteiger partial charge in [-0.15, -0.1) is 0 Å². The first-order chi connectivity index (χ1) is 11.5. The van der Waals surface area contributed by atoms with Crippen LogP contribution in [-0.4, -0.2) is 34.0 Å². The summed E-state index contributed by atoms with van der Waals surface area (Å²) in [5, 5.41) is 8.71. The van der Waals surface area contributed by atoms with E-state index in [-0.39, 0.29) is 26.0 Å². The predicted octanol–water partition coefficient (Wildman–Crippen LogP) is 0.881. The summed E-state index contributed by atoms with van der Waals surface area (Å²) in [5.41, 5.74) is 0.385. The van der Waals surface area contributed by atoms with Crippen LogP contribution < -0.4 is 16.0 Å². The minimum Gasteiger partial charge on any atom is -0.491 e. The van der Waals surface area contributed by atoms with Crippen LogP contribution in [-0.2, 0) is 17.9 Å². The van der Waals surface area contributed by atoms with Crippen LogP contribution in [0.2, 0.25) is 0 Å². The third-order valence-corrected chi connectivity index (χ3v) is 3.22. The van der Waals surface area contributed by atoms with Gasteiger partial charge >= 0.3 is 5.69 Å². The van der Waals surface area contributed by atoms with E-state index in [2.05, 4.69) is 4.98 Å². The molecule has 0 unspecified atom stereocenters. The molecule has 2 N–H and O–H groups in total. The molecule has 0 fully saturated rings. The summed E-state index contributed by atoms with van der Waals surface area (Å²) >= 11 is 0. The van der Waals surface area contributed by atoms with Gasteiger partial charge in [-0.1, -0.05) is 12.1 Å². The summed E-state index contributed by atoms with van der Waals surface area (Å²) in [4.78, 5) is 26.0. The zero-order valence-corrected chi connectivity index (χ0v) is 13.8. The summed E-state index contributed by atoms with van der Waals surface area (Å²) in [6.07, 6.45) is 1.91. The van der Waals surface area contributed by atoms with Gasteiger partial charge in [0.15, 0.2) is 0 Å². The number of aliphatic hydroxyl groups is 1. The average Bonchev–Trinajstić information content (AvgIpc) is 2.51. The third kappa shape index (κ3) is 5.07. The Labute approximate surface area is 139 Å². The van der Waals surface area contributed by atoms with Gasteiger partial charge in [0, 0.05) is 18.2 Å². The normalized spacial score (nSPS) is 11.0. The first-order valence-corrected chi connectivity index (χ1v) is 7.76. The summed E-state index contributed by atoms with van der Waals surface area (Å²) in [7, 11) is 0. The lowest BCUT2D eigenvalue weighted by Crippen LogP contribution is -2.32. The van der Waals surface area contributed by atoms with Crippen LogP contribution in [0.1, 0.15) is 25.0 Å². The summed E-state index contributed by atoms with van der Waals surface area (Å²) in [6.45, 7) is 3.85. The molecule has 0 saturated heterocycles. The number of hydrogen-bond acceptors (Lipinski definition) is 5. The summed E-state index contributed by atoms with van der Waals surface area (Å²) in [6, 6.07) is 7.49. The van der Waals surface area contributed by atoms with Crippen molar-refractivity contribution < 1.29 is 14.6 Å². The highest BCUT2D eigenvalue weighted by Crippen LogP contribution is 2.16. The van der Waals surface area contributed by atoms with Gasteiger partial charge in [0.25, 0.3) is 5.56 Å². The highest BCUT2D eigenvalue weighted by molar-refractivity contribution is 5.31. The second-order valence-electron chi connectivity index (χ2n) is 5.64. The van der Waals surface area contributed by atoms with E-state index in [1.807, 2.05) is 38.1 Å². The van der Waals surface area contributed by atoms with E-state index < -0.39 is 11.2 Å². The number of rotatable bonds is 8. The number of nitrogens with zero attached hydrogens (tertiary/aromatic N) is 1. The number of ether oxygens (including phenoxy) is 2. The van der Waals surface area contributed by atoms with Crippen molar-refractivity contribution >= 4 is 0 Å². The third-order valence-electron chi connectivity index (χ3n) is 3.22. The molecule has 0 atom stereocenters. The highest BCUT2D eigenvalue weighted by Gasteiger charge is 2.07. The maximum Gasteiger partial charge on any atom is 0.330 e. The second-order valence-corrected chi connectivity index (χ2v) is 5.64. The van der Waals surface area contributed by atoms with Crippen molar-refractivity contribution in [2.75, 3.05) is 13.2 Å². The van der Waals surface area contributed by atoms with Gasteiger partial charge in [-0.25, -0.2) is 4.79 Å². The van der Waals surface area contributed by atoms with Crippen molar-refractivity contribution in [3.63, 3.8) is 0 Å². The molecule has 24 heavy (non-hydrogen) atoms. The average molecular weight is 334 g/mol. The maximum absolute atomic E-state index is 12.0. The molecule has 0 aliphatic heterocycles.